The third kappa shape index (κ3) is 45.0. The van der Waals surface area contributed by atoms with E-state index in [0.717, 1.165) is 128 Å². The van der Waals surface area contributed by atoms with Crippen LogP contribution in [0, 0.1) is 89.7 Å². The van der Waals surface area contributed by atoms with E-state index in [4.69, 9.17) is 47.4 Å². The van der Waals surface area contributed by atoms with Gasteiger partial charge in [0.05, 0.1) is 122 Å². The Kier molecular flexibility index (Phi) is 62.1. The van der Waals surface area contributed by atoms with Gasteiger partial charge in [-0.1, -0.05) is 188 Å². The van der Waals surface area contributed by atoms with Crippen LogP contribution in [0.3, 0.4) is 0 Å². The van der Waals surface area contributed by atoms with Crippen molar-refractivity contribution in [2.45, 2.75) is 411 Å². The van der Waals surface area contributed by atoms with Crippen LogP contribution in [0.15, 0.2) is 0 Å². The molecule has 0 bridgehead atoms. The zero-order valence-electron chi connectivity index (χ0n) is 96.6. The molecule has 14 atom stereocenters. The minimum Gasteiger partial charge on any atom is -0.469 e. The van der Waals surface area contributed by atoms with Gasteiger partial charge in [0.25, 0.3) is 0 Å². The van der Waals surface area contributed by atoms with E-state index in [1.54, 1.807) is 103 Å². The number of unbranched alkanes of at least 4 members (excludes halogenated alkanes) is 4. The lowest BCUT2D eigenvalue weighted by molar-refractivity contribution is -0.169. The van der Waals surface area contributed by atoms with Crippen LogP contribution in [-0.4, -0.2) is 248 Å². The molecule has 0 aromatic heterocycles. The first-order valence-corrected chi connectivity index (χ1v) is 55.6. The Morgan fingerprint density at radius 3 is 0.767 bits per heavy atom. The third-order valence-electron chi connectivity index (χ3n) is 31.3. The number of esters is 10. The highest BCUT2D eigenvalue weighted by Crippen LogP contribution is 2.50. The molecule has 2 N–H and O–H groups in total. The Bertz CT molecular complexity index is 3790. The lowest BCUT2D eigenvalue weighted by atomic mass is 9.64. The van der Waals surface area contributed by atoms with E-state index in [2.05, 4.69) is 66.0 Å². The van der Waals surface area contributed by atoms with Crippen LogP contribution >= 0.6 is 0 Å². The summed E-state index contributed by atoms with van der Waals surface area (Å²) in [6, 6.07) is 0. The lowest BCUT2D eigenvalue weighted by Crippen LogP contribution is -2.47. The normalized spacial score (nSPS) is 18.3. The number of nitrogens with one attached hydrogen (secondary N) is 2. The fraction of sp³-hybridized carbons (Fsp3) is 0.860. The Morgan fingerprint density at radius 1 is 0.295 bits per heavy atom. The van der Waals surface area contributed by atoms with Gasteiger partial charge in [-0.2, -0.15) is 0 Å². The van der Waals surface area contributed by atoms with E-state index in [9.17, 15) is 76.7 Å². The van der Waals surface area contributed by atoms with Crippen molar-refractivity contribution in [1.82, 2.24) is 30.2 Å². The number of hydrogen-bond donors (Lipinski definition) is 2. The molecule has 4 aliphatic heterocycles. The fourth-order valence-electron chi connectivity index (χ4n) is 20.9. The molecular formula is C114H202N6O26. The molecule has 32 nitrogen and oxygen atoms in total. The van der Waals surface area contributed by atoms with Gasteiger partial charge < -0.3 is 77.6 Å². The zero-order chi connectivity index (χ0) is 111. The molecule has 14 unspecified atom stereocenters. The summed E-state index contributed by atoms with van der Waals surface area (Å²) in [5, 5.41) is 5.45. The van der Waals surface area contributed by atoms with Gasteiger partial charge >= 0.3 is 59.7 Å². The molecule has 6 amide bonds. The highest BCUT2D eigenvalue weighted by Gasteiger charge is 2.54. The number of carbonyl (C=O) groups excluding carboxylic acids is 16. The molecule has 0 aromatic carbocycles. The summed E-state index contributed by atoms with van der Waals surface area (Å²) in [4.78, 5) is 210. The molecule has 4 rings (SSSR count). The number of amides is 6. The average molecular weight is 2070 g/mol. The fourth-order valence-corrected chi connectivity index (χ4v) is 20.9. The molecule has 4 saturated heterocycles. The number of hydrogen-bond acceptors (Lipinski definition) is 26. The van der Waals surface area contributed by atoms with E-state index in [-0.39, 0.29) is 137 Å². The second-order valence-corrected chi connectivity index (χ2v) is 45.7. The molecule has 0 spiro atoms. The van der Waals surface area contributed by atoms with Gasteiger partial charge in [0.1, 0.15) is 26.4 Å². The first-order chi connectivity index (χ1) is 68.5. The second-order valence-electron chi connectivity index (χ2n) is 45.7. The molecule has 0 aromatic rings. The molecule has 4 heterocycles. The van der Waals surface area contributed by atoms with Gasteiger partial charge in [-0.05, 0) is 221 Å². The largest absolute Gasteiger partial charge is 0.469 e. The predicted octanol–water partition coefficient (Wildman–Crippen LogP) is 19.6. The molecular weight excluding hydrogens is 1870 g/mol. The summed E-state index contributed by atoms with van der Waals surface area (Å²) in [7, 11) is 5.77. The van der Waals surface area contributed by atoms with Gasteiger partial charge in [-0.3, -0.25) is 76.7 Å². The zero-order valence-corrected chi connectivity index (χ0v) is 96.6. The van der Waals surface area contributed by atoms with Gasteiger partial charge in [0, 0.05) is 76.8 Å². The lowest BCUT2D eigenvalue weighted by Gasteiger charge is -2.40. The maximum atomic E-state index is 13.3. The number of methoxy groups -OCH3 is 2. The molecule has 0 aliphatic carbocycles. The van der Waals surface area contributed by atoms with E-state index in [1.165, 1.54) is 14.2 Å². The predicted molar refractivity (Wildman–Crippen MR) is 565 cm³/mol. The summed E-state index contributed by atoms with van der Waals surface area (Å²) < 4.78 is 55.2. The monoisotopic (exact) mass is 2070 g/mol. The van der Waals surface area contributed by atoms with Crippen molar-refractivity contribution in [2.24, 2.45) is 89.7 Å². The van der Waals surface area contributed by atoms with Crippen molar-refractivity contribution >= 4 is 95.1 Å². The SMILES string of the molecule is CCCCC(CC)COC(=O)C(C)(CC)CC(C)(CC(C)(C)C(=O)OCCN1CCCC1=O)C(=O)NC.CCCCC(CC)COC(=O)C(C)(CC)CC(C)(CC(C)(C)C(=O)OCCN1CCCC1=O)C(=O)OC.CCCCC(CC)COC(=O)C(C)(CC)CC(C)(CC(C)C(=O)OCCN1CCCC1=O)C(=O)NC.CCCCC(CC)COC(=O)C(C)(CC)CC(C)(CC(C)C(=O)OCCN1CCCC1=O)C(=O)OC. The minimum absolute atomic E-state index is 0.0786. The molecule has 146 heavy (non-hydrogen) atoms. The smallest absolute Gasteiger partial charge is 0.311 e. The average Bonchev–Trinajstić information content (AvgIpc) is 1.60. The maximum Gasteiger partial charge on any atom is 0.311 e. The van der Waals surface area contributed by atoms with Crippen LogP contribution in [0.2, 0.25) is 0 Å². The minimum atomic E-state index is -1.11. The van der Waals surface area contributed by atoms with Crippen LogP contribution in [0.4, 0.5) is 0 Å². The molecule has 0 saturated carbocycles. The Labute approximate surface area is 879 Å². The van der Waals surface area contributed by atoms with Gasteiger partial charge in [0.15, 0.2) is 0 Å². The molecule has 4 fully saturated rings. The molecule has 32 heteroatoms. The standard InChI is InChI=1S/C29H52N2O6.C29H51NO7.C28H50N2O6.C28H49NO7/c1-9-12-14-22(10-2)19-37-26(35)28(6,11-3)21-29(7,24(33)30-8)20-27(4,5)25(34)36-18-17-31-16-13-15-23(31)32;1-9-12-14-22(10-2)19-37-26(34)28(6,11-3)21-29(7,25(33)35-8)20-27(4,5)24(32)36-18-17-30-16-13-15-23(30)31;1-8-11-13-22(9-2)19-36-26(34)27(5,10-3)20-28(6,25(33)29-7)18-21(4)24(32)35-17-16-30-15-12-14-23(30)31;1-8-11-13-22(9-2)19-36-26(33)27(5,10-3)20-28(6,25(32)34-7)18-21(4)24(31)35-17-16-29-15-12-14-23(29)30/h22H,9-21H2,1-8H3,(H,30,33);22H,9-21H2,1-8H3;21-22H,8-20H2,1-7H3,(H,29,33);21-22H,8-20H2,1-7H3. The van der Waals surface area contributed by atoms with E-state index in [0.29, 0.717) is 154 Å². The van der Waals surface area contributed by atoms with E-state index < -0.39 is 102 Å². The van der Waals surface area contributed by atoms with Crippen molar-refractivity contribution in [3.8, 4) is 0 Å². The molecule has 844 valence electrons. The quantitative estimate of drug-likeness (QED) is 0.0422. The van der Waals surface area contributed by atoms with Crippen molar-refractivity contribution in [3.63, 3.8) is 0 Å². The maximum absolute atomic E-state index is 13.3. The van der Waals surface area contributed by atoms with E-state index in [1.807, 2.05) is 55.4 Å². The van der Waals surface area contributed by atoms with Crippen molar-refractivity contribution in [3.05, 3.63) is 0 Å². The Hall–Kier alpha value is -8.48. The van der Waals surface area contributed by atoms with Crippen molar-refractivity contribution in [1.29, 1.82) is 0 Å². The number of likely N-dealkylation sites (tertiary alicyclic amines) is 4. The summed E-state index contributed by atoms with van der Waals surface area (Å²) >= 11 is 0. The Balaban J connectivity index is 0.000000973. The first kappa shape index (κ1) is 136. The highest BCUT2D eigenvalue weighted by molar-refractivity contribution is 5.88. The van der Waals surface area contributed by atoms with Crippen molar-refractivity contribution < 1.29 is 124 Å². The highest BCUT2D eigenvalue weighted by atomic mass is 16.6. The van der Waals surface area contributed by atoms with Gasteiger partial charge in [-0.25, -0.2) is 0 Å². The topological polar surface area (TPSA) is 402 Å². The van der Waals surface area contributed by atoms with Gasteiger partial charge in [-0.15, -0.1) is 0 Å². The van der Waals surface area contributed by atoms with Crippen LogP contribution in [0.25, 0.3) is 0 Å². The number of rotatable bonds is 68. The number of carbonyl (C=O) groups is 16. The molecule has 0 radical (unpaired) electrons. The first-order valence-electron chi connectivity index (χ1n) is 55.6. The van der Waals surface area contributed by atoms with E-state index >= 15 is 0 Å². The summed E-state index contributed by atoms with van der Waals surface area (Å²) in [6.07, 6.45) is 25.9. The van der Waals surface area contributed by atoms with Crippen LogP contribution in [-0.2, 0) is 124 Å². The molecule has 4 aliphatic rings. The third-order valence-corrected chi connectivity index (χ3v) is 31.3. The number of nitrogens with zero attached hydrogens (tertiary/aromatic N) is 4. The summed E-state index contributed by atoms with van der Waals surface area (Å²) in [5.74, 6) is -3.78. The summed E-state index contributed by atoms with van der Waals surface area (Å²) in [6.45, 7) is 55.9. The summed E-state index contributed by atoms with van der Waals surface area (Å²) in [5.41, 5.74) is -9.68. The van der Waals surface area contributed by atoms with Crippen LogP contribution < -0.4 is 10.6 Å². The Morgan fingerprint density at radius 2 is 0.527 bits per heavy atom. The van der Waals surface area contributed by atoms with Crippen LogP contribution in [0.1, 0.15) is 411 Å². The van der Waals surface area contributed by atoms with Gasteiger partial charge in [0.2, 0.25) is 35.4 Å². The van der Waals surface area contributed by atoms with Crippen LogP contribution in [0.5, 0.6) is 0 Å². The second kappa shape index (κ2) is 67.0. The van der Waals surface area contributed by atoms with Crippen molar-refractivity contribution in [2.75, 3.05) is 134 Å². The number of ether oxygens (including phenoxy) is 10.